The molecule has 0 saturated heterocycles. The highest BCUT2D eigenvalue weighted by Crippen LogP contribution is 2.94. The molecule has 2 spiro atoms. The highest BCUT2D eigenvalue weighted by atomic mass is 15.1. The van der Waals surface area contributed by atoms with Crippen molar-refractivity contribution < 1.29 is 0 Å². The first-order valence-corrected chi connectivity index (χ1v) is 26.3. The average molecular weight is 854 g/mol. The van der Waals surface area contributed by atoms with Gasteiger partial charge in [0.2, 0.25) is 0 Å². The van der Waals surface area contributed by atoms with Gasteiger partial charge in [-0.2, -0.15) is 0 Å². The summed E-state index contributed by atoms with van der Waals surface area (Å²) < 4.78 is 0. The molecule has 1 nitrogen and oxygen atoms in total. The van der Waals surface area contributed by atoms with E-state index < -0.39 is 0 Å². The van der Waals surface area contributed by atoms with E-state index in [2.05, 4.69) is 43.3 Å². The highest BCUT2D eigenvalue weighted by Gasteiger charge is 2.86. The fourth-order valence-electron chi connectivity index (χ4n) is 25.9. The Morgan fingerprint density at radius 3 is 0.500 bits per heavy atom. The number of benzene rings is 19. The lowest BCUT2D eigenvalue weighted by atomic mass is 9.68. The van der Waals surface area contributed by atoms with Gasteiger partial charge in [-0.1, -0.05) is 12.1 Å². The van der Waals surface area contributed by atoms with Crippen LogP contribution in [0.4, 0.5) is 5.69 Å². The van der Waals surface area contributed by atoms with Crippen LogP contribution >= 0.6 is 0 Å². The van der Waals surface area contributed by atoms with Gasteiger partial charge in [-0.3, -0.25) is 0 Å². The maximum Gasteiger partial charge on any atom is 0.0453 e. The van der Waals surface area contributed by atoms with Crippen molar-refractivity contribution in [3.8, 4) is 0 Å². The number of rotatable bonds is 2. The second kappa shape index (κ2) is 5.72. The quantitative estimate of drug-likeness (QED) is 0.157. The van der Waals surface area contributed by atoms with E-state index in [-0.39, 0.29) is 10.8 Å². The normalized spacial score (nSPS) is 23.3. The second-order valence-corrected chi connectivity index (χ2v) is 26.3. The summed E-state index contributed by atoms with van der Waals surface area (Å²) in [5.41, 5.74) is 9.75. The molecule has 0 bridgehead atoms. The Morgan fingerprint density at radius 2 is 0.357 bits per heavy atom. The van der Waals surface area contributed by atoms with Crippen molar-refractivity contribution in [2.24, 2.45) is 0 Å². The van der Waals surface area contributed by atoms with Crippen molar-refractivity contribution in [3.05, 3.63) is 52.1 Å². The van der Waals surface area contributed by atoms with Crippen LogP contribution < -0.4 is 4.90 Å². The average Bonchev–Trinajstić information content (AvgIpc) is 4.23. The molecule has 5 aliphatic carbocycles. The summed E-state index contributed by atoms with van der Waals surface area (Å²) in [6.07, 6.45) is 0. The van der Waals surface area contributed by atoms with E-state index in [9.17, 15) is 0 Å². The number of hydrogen-bond acceptors (Lipinski definition) is 1. The molecule has 0 aliphatic heterocycles. The second-order valence-electron chi connectivity index (χ2n) is 26.3. The van der Waals surface area contributed by atoms with Crippen molar-refractivity contribution in [2.45, 2.75) is 16.7 Å². The molecule has 29 aromatic carbocycles. The van der Waals surface area contributed by atoms with Crippen LogP contribution in [0.15, 0.2) is 24.3 Å². The van der Waals surface area contributed by atoms with E-state index in [1.807, 2.05) is 0 Å². The minimum absolute atomic E-state index is 0.155. The Kier molecular flexibility index (Phi) is 2.10. The number of nitrogens with zero attached hydrogens (tertiary/aromatic N) is 1. The third kappa shape index (κ3) is 1.32. The molecule has 0 unspecified atom stereocenters. The van der Waals surface area contributed by atoms with Crippen LogP contribution in [0.2, 0.25) is 0 Å². The minimum atomic E-state index is -0.155. The minimum Gasteiger partial charge on any atom is -0.378 e. The molecule has 0 radical (unpaired) electrons. The van der Waals surface area contributed by atoms with Gasteiger partial charge >= 0.3 is 0 Å². The van der Waals surface area contributed by atoms with Gasteiger partial charge in [-0.05, 0) is 331 Å². The van der Waals surface area contributed by atoms with Gasteiger partial charge in [-0.25, -0.2) is 0 Å². The van der Waals surface area contributed by atoms with E-state index in [0.717, 1.165) is 0 Å². The van der Waals surface area contributed by atoms with Gasteiger partial charge in [-0.15, -0.1) is 0 Å². The van der Waals surface area contributed by atoms with E-state index in [1.165, 1.54) is 5.69 Å². The van der Waals surface area contributed by atoms with Gasteiger partial charge < -0.3 is 4.90 Å². The maximum absolute atomic E-state index is 2.62. The molecule has 5 aliphatic rings. The lowest BCUT2D eigenvalue weighted by molar-refractivity contribution is 0.731. The zero-order valence-corrected chi connectivity index (χ0v) is 36.3. The van der Waals surface area contributed by atoms with Gasteiger partial charge in [0, 0.05) is 36.5 Å². The summed E-state index contributed by atoms with van der Waals surface area (Å²) in [4.78, 5) is 2.31. The highest BCUT2D eigenvalue weighted by molar-refractivity contribution is 6.82. The topological polar surface area (TPSA) is 3.24 Å². The molecule has 34 rings (SSSR count). The van der Waals surface area contributed by atoms with Crippen LogP contribution in [-0.4, -0.2) is 14.1 Å². The molecule has 29 aromatic rings. The largest absolute Gasteiger partial charge is 0.378 e. The van der Waals surface area contributed by atoms with Crippen LogP contribution in [0.25, 0.3) is 291 Å². The summed E-state index contributed by atoms with van der Waals surface area (Å²) >= 11 is 0. The SMILES string of the molecule is CN(C)c1ccc(C2C34c5c6c7c8c9c%10c(c%11c%12c3c3c5c5c%13c6c6c7c7c9c9c%14c%10c%10c%11c%11c%12c%12c3c3c5c5c%13c%13c6c6c7c9c7c9c%14c%10c%10c%11c%11c%12c3c3c5c5c%13c6c7c6c9c%10c%11c3c56)C824)cc1. The van der Waals surface area contributed by atoms with E-state index in [1.54, 1.807) is 319 Å². The van der Waals surface area contributed by atoms with Crippen LogP contribution in [0.3, 0.4) is 0 Å². The third-order valence-electron chi connectivity index (χ3n) is 26.0. The van der Waals surface area contributed by atoms with Crippen LogP contribution in [-0.2, 0) is 10.8 Å². The van der Waals surface area contributed by atoms with Crippen molar-refractivity contribution in [3.63, 3.8) is 0 Å². The fourth-order valence-corrected chi connectivity index (χ4v) is 25.9. The standard InChI is InChI=1S/C69H11N/c1-70(2)8-5-3-7(4-6-8)67-68-63-55-47-37-27-19-11-9-10-13-17-15(11)23-31-25(17)35-29-21(13)22-14(10)18-16-12(9)20(19)28-34-24(16)32-26(18)36-30(22)40-39(29)49-43(35)53-45(31)51(41(47)33(23)27)59(63)61(53)65-57(49)58-50(40)44(36)54-46(32)52-42(34)48(38(28)37)56(55)64(68)60(52)62(54)66(58)69(65,67)68/h3-6,67H,1-2H3. The predicted molar refractivity (Wildman–Crippen MR) is 297 cm³/mol. The molecule has 1 heteroatoms. The van der Waals surface area contributed by atoms with E-state index in [4.69, 9.17) is 0 Å². The lowest BCUT2D eigenvalue weighted by Gasteiger charge is -2.32. The molecule has 1 fully saturated rings. The molecule has 0 N–H and O–H groups in total. The molecular weight excluding hydrogens is 843 g/mol. The molecule has 1 saturated carbocycles. The number of anilines is 1. The Hall–Kier alpha value is -8.52. The Bertz CT molecular complexity index is 6810. The van der Waals surface area contributed by atoms with Crippen LogP contribution in [0.5, 0.6) is 0 Å². The molecular formula is C69H11N. The van der Waals surface area contributed by atoms with Crippen LogP contribution in [0.1, 0.15) is 33.7 Å². The smallest absolute Gasteiger partial charge is 0.0453 e. The Morgan fingerprint density at radius 1 is 0.214 bits per heavy atom. The third-order valence-corrected chi connectivity index (χ3v) is 26.0. The van der Waals surface area contributed by atoms with Gasteiger partial charge in [0.25, 0.3) is 0 Å². The summed E-state index contributed by atoms with van der Waals surface area (Å²) in [6, 6.07) is 10.2. The van der Waals surface area contributed by atoms with Crippen LogP contribution in [0, 0.1) is 0 Å². The summed E-state index contributed by atoms with van der Waals surface area (Å²) in [5.74, 6) is 0.338. The zero-order chi connectivity index (χ0) is 41.6. The van der Waals surface area contributed by atoms with E-state index >= 15 is 0 Å². The molecule has 70 heavy (non-hydrogen) atoms. The molecule has 0 aromatic heterocycles. The first-order valence-electron chi connectivity index (χ1n) is 26.3. The van der Waals surface area contributed by atoms with Gasteiger partial charge in [0.15, 0.2) is 0 Å². The Balaban J connectivity index is 1.15. The van der Waals surface area contributed by atoms with Gasteiger partial charge in [0.1, 0.15) is 0 Å². The number of hydrogen-bond donors (Lipinski definition) is 0. The summed E-state index contributed by atoms with van der Waals surface area (Å²) in [6.45, 7) is 0. The molecule has 0 heterocycles. The fraction of sp³-hybridized carbons (Fsp3) is 0.0725. The molecule has 292 valence electrons. The zero-order valence-electron chi connectivity index (χ0n) is 36.3. The first kappa shape index (κ1) is 25.7. The first-order chi connectivity index (χ1) is 34.8. The summed E-state index contributed by atoms with van der Waals surface area (Å²) in [7, 11) is 4.44. The molecule has 0 atom stereocenters. The van der Waals surface area contributed by atoms with Crippen molar-refractivity contribution >= 4 is 297 Å². The molecule has 0 amide bonds. The van der Waals surface area contributed by atoms with E-state index in [0.29, 0.717) is 5.92 Å². The monoisotopic (exact) mass is 853 g/mol. The van der Waals surface area contributed by atoms with Crippen molar-refractivity contribution in [1.82, 2.24) is 0 Å². The lowest BCUT2D eigenvalue weighted by Crippen LogP contribution is -2.27. The maximum atomic E-state index is 2.62. The van der Waals surface area contributed by atoms with Gasteiger partial charge in [0.05, 0.1) is 0 Å². The predicted octanol–water partition coefficient (Wildman–Crippen LogP) is 18.2. The Labute approximate surface area is 382 Å². The van der Waals surface area contributed by atoms with Crippen molar-refractivity contribution in [1.29, 1.82) is 0 Å². The summed E-state index contributed by atoms with van der Waals surface area (Å²) in [5, 5.41) is 90.8. The van der Waals surface area contributed by atoms with Crippen molar-refractivity contribution in [2.75, 3.05) is 19.0 Å².